The third kappa shape index (κ3) is 9.05. The molecule has 0 fully saturated rings. The maximum atomic E-state index is 13.0. The van der Waals surface area contributed by atoms with Gasteiger partial charge in [0.15, 0.2) is 5.11 Å². The van der Waals surface area contributed by atoms with Crippen LogP contribution in [0.15, 0.2) is 108 Å². The summed E-state index contributed by atoms with van der Waals surface area (Å²) in [6.45, 7) is 0.434. The highest BCUT2D eigenvalue weighted by atomic mass is 79.9. The van der Waals surface area contributed by atoms with Crippen LogP contribution in [0.1, 0.15) is 27.9 Å². The molecule has 0 saturated carbocycles. The Hall–Kier alpha value is -4.01. The molecule has 0 radical (unpaired) electrons. The van der Waals surface area contributed by atoms with Gasteiger partial charge in [0.25, 0.3) is 5.91 Å². The Bertz CT molecular complexity index is 1410. The molecule has 0 heterocycles. The van der Waals surface area contributed by atoms with E-state index < -0.39 is 0 Å². The number of amides is 2. The van der Waals surface area contributed by atoms with E-state index in [2.05, 4.69) is 31.9 Å². The van der Waals surface area contributed by atoms with Crippen LogP contribution in [-0.2, 0) is 17.6 Å². The maximum Gasteiger partial charge on any atom is 0.261 e. The topological polar surface area (TPSA) is 79.5 Å². The zero-order valence-electron chi connectivity index (χ0n) is 21.2. The SMILES string of the molecule is O=C(CCc1ccccc1)Nc1ccc(NC(=S)NC(=O)c2cc(Br)ccc2OCCc2ccccc2)cc1. The molecular formula is C31H28BrN3O3S. The molecular weight excluding hydrogens is 574 g/mol. The molecule has 0 aliphatic carbocycles. The van der Waals surface area contributed by atoms with Crippen molar-refractivity contribution >= 4 is 56.4 Å². The van der Waals surface area contributed by atoms with E-state index in [9.17, 15) is 9.59 Å². The number of carbonyl (C=O) groups excluding carboxylic acids is 2. The van der Waals surface area contributed by atoms with E-state index in [4.69, 9.17) is 17.0 Å². The van der Waals surface area contributed by atoms with Gasteiger partial charge >= 0.3 is 0 Å². The molecule has 0 aliphatic heterocycles. The van der Waals surface area contributed by atoms with Gasteiger partial charge in [-0.3, -0.25) is 14.9 Å². The molecule has 8 heteroatoms. The van der Waals surface area contributed by atoms with Gasteiger partial charge in [-0.05, 0) is 72.2 Å². The fourth-order valence-electron chi connectivity index (χ4n) is 3.82. The number of thiocarbonyl (C=S) groups is 1. The summed E-state index contributed by atoms with van der Waals surface area (Å²) < 4.78 is 6.68. The lowest BCUT2D eigenvalue weighted by molar-refractivity contribution is -0.116. The van der Waals surface area contributed by atoms with Gasteiger partial charge in [-0.25, -0.2) is 0 Å². The van der Waals surface area contributed by atoms with Crippen LogP contribution >= 0.6 is 28.1 Å². The van der Waals surface area contributed by atoms with Crippen molar-refractivity contribution < 1.29 is 14.3 Å². The summed E-state index contributed by atoms with van der Waals surface area (Å²) >= 11 is 8.78. The average Bonchev–Trinajstić information content (AvgIpc) is 2.95. The number of anilines is 2. The number of halogens is 1. The van der Waals surface area contributed by atoms with Gasteiger partial charge in [-0.1, -0.05) is 76.6 Å². The minimum Gasteiger partial charge on any atom is -0.492 e. The van der Waals surface area contributed by atoms with Gasteiger partial charge in [0.1, 0.15) is 5.75 Å². The number of aryl methyl sites for hydroxylation is 1. The van der Waals surface area contributed by atoms with E-state index in [1.165, 1.54) is 0 Å². The van der Waals surface area contributed by atoms with E-state index in [1.807, 2.05) is 66.7 Å². The average molecular weight is 603 g/mol. The highest BCUT2D eigenvalue weighted by Gasteiger charge is 2.15. The number of nitrogens with one attached hydrogen (secondary N) is 3. The van der Waals surface area contributed by atoms with Crippen molar-refractivity contribution in [1.82, 2.24) is 5.32 Å². The first-order valence-electron chi connectivity index (χ1n) is 12.5. The van der Waals surface area contributed by atoms with E-state index in [-0.39, 0.29) is 16.9 Å². The molecule has 39 heavy (non-hydrogen) atoms. The molecule has 0 spiro atoms. The fraction of sp³-hybridized carbons (Fsp3) is 0.129. The number of carbonyl (C=O) groups is 2. The molecule has 4 aromatic rings. The Labute approximate surface area is 241 Å². The summed E-state index contributed by atoms with van der Waals surface area (Å²) in [6, 6.07) is 32.3. The Kier molecular flexibility index (Phi) is 10.2. The molecule has 0 saturated heterocycles. The molecule has 6 nitrogen and oxygen atoms in total. The normalized spacial score (nSPS) is 10.4. The molecule has 4 rings (SSSR count). The van der Waals surface area contributed by atoms with Gasteiger partial charge in [0, 0.05) is 28.7 Å². The second kappa shape index (κ2) is 14.2. The second-order valence-electron chi connectivity index (χ2n) is 8.74. The van der Waals surface area contributed by atoms with Gasteiger partial charge in [0.05, 0.1) is 12.2 Å². The Morgan fingerprint density at radius 2 is 1.33 bits per heavy atom. The lowest BCUT2D eigenvalue weighted by Crippen LogP contribution is -2.34. The van der Waals surface area contributed by atoms with Crippen LogP contribution < -0.4 is 20.7 Å². The maximum absolute atomic E-state index is 13.0. The number of ether oxygens (including phenoxy) is 1. The van der Waals surface area contributed by atoms with Gasteiger partial charge in [-0.15, -0.1) is 0 Å². The van der Waals surface area contributed by atoms with Crippen molar-refractivity contribution in [3.63, 3.8) is 0 Å². The predicted molar refractivity (Wildman–Crippen MR) is 163 cm³/mol. The number of hydrogen-bond acceptors (Lipinski definition) is 4. The van der Waals surface area contributed by atoms with Crippen LogP contribution in [0, 0.1) is 0 Å². The van der Waals surface area contributed by atoms with Crippen molar-refractivity contribution in [2.24, 2.45) is 0 Å². The van der Waals surface area contributed by atoms with Crippen LogP contribution in [0.25, 0.3) is 0 Å². The highest BCUT2D eigenvalue weighted by molar-refractivity contribution is 9.10. The standard InChI is InChI=1S/C31H28BrN3O3S/c32-24-12-17-28(38-20-19-23-9-5-2-6-10-23)27(21-24)30(37)35-31(39)34-26-15-13-25(14-16-26)33-29(36)18-11-22-7-3-1-4-8-22/h1-10,12-17,21H,11,18-20H2,(H,33,36)(H2,34,35,37,39). The molecule has 198 valence electrons. The largest absolute Gasteiger partial charge is 0.492 e. The van der Waals surface area contributed by atoms with Crippen molar-refractivity contribution in [2.45, 2.75) is 19.3 Å². The molecule has 4 aromatic carbocycles. The molecule has 0 atom stereocenters. The van der Waals surface area contributed by atoms with Gasteiger partial charge in [0.2, 0.25) is 5.91 Å². The Morgan fingerprint density at radius 3 is 1.97 bits per heavy atom. The number of benzene rings is 4. The highest BCUT2D eigenvalue weighted by Crippen LogP contribution is 2.24. The first-order chi connectivity index (χ1) is 19.0. The summed E-state index contributed by atoms with van der Waals surface area (Å²) in [7, 11) is 0. The van der Waals surface area contributed by atoms with Gasteiger partial charge in [-0.2, -0.15) is 0 Å². The van der Waals surface area contributed by atoms with Crippen LogP contribution in [0.5, 0.6) is 5.75 Å². The first-order valence-corrected chi connectivity index (χ1v) is 13.7. The van der Waals surface area contributed by atoms with Crippen molar-refractivity contribution in [3.8, 4) is 5.75 Å². The lowest BCUT2D eigenvalue weighted by atomic mass is 10.1. The summed E-state index contributed by atoms with van der Waals surface area (Å²) in [5, 5.41) is 8.76. The van der Waals surface area contributed by atoms with E-state index >= 15 is 0 Å². The molecule has 2 amide bonds. The number of rotatable bonds is 10. The second-order valence-corrected chi connectivity index (χ2v) is 10.1. The Morgan fingerprint density at radius 1 is 0.744 bits per heavy atom. The summed E-state index contributed by atoms with van der Waals surface area (Å²) in [4.78, 5) is 25.3. The summed E-state index contributed by atoms with van der Waals surface area (Å²) in [5.41, 5.74) is 4.01. The van der Waals surface area contributed by atoms with Crippen LogP contribution in [0.3, 0.4) is 0 Å². The third-order valence-corrected chi connectivity index (χ3v) is 6.51. The van der Waals surface area contributed by atoms with E-state index in [0.29, 0.717) is 42.1 Å². The molecule has 0 unspecified atom stereocenters. The van der Waals surface area contributed by atoms with E-state index in [0.717, 1.165) is 22.0 Å². The Balaban J connectivity index is 1.27. The smallest absolute Gasteiger partial charge is 0.261 e. The van der Waals surface area contributed by atoms with E-state index in [1.54, 1.807) is 36.4 Å². The fourth-order valence-corrected chi connectivity index (χ4v) is 4.40. The summed E-state index contributed by atoms with van der Waals surface area (Å²) in [5.74, 6) is 0.0331. The third-order valence-electron chi connectivity index (χ3n) is 5.81. The minimum absolute atomic E-state index is 0.0573. The lowest BCUT2D eigenvalue weighted by Gasteiger charge is -2.14. The predicted octanol–water partition coefficient (Wildman–Crippen LogP) is 6.77. The van der Waals surface area contributed by atoms with Crippen molar-refractivity contribution in [1.29, 1.82) is 0 Å². The van der Waals surface area contributed by atoms with Crippen LogP contribution in [0.2, 0.25) is 0 Å². The van der Waals surface area contributed by atoms with Crippen LogP contribution in [-0.4, -0.2) is 23.5 Å². The number of hydrogen-bond donors (Lipinski definition) is 3. The zero-order chi connectivity index (χ0) is 27.5. The molecule has 0 aliphatic rings. The monoisotopic (exact) mass is 601 g/mol. The summed E-state index contributed by atoms with van der Waals surface area (Å²) in [6.07, 6.45) is 1.80. The van der Waals surface area contributed by atoms with Crippen molar-refractivity contribution in [2.75, 3.05) is 17.2 Å². The van der Waals surface area contributed by atoms with Crippen molar-refractivity contribution in [3.05, 3.63) is 124 Å². The van der Waals surface area contributed by atoms with Gasteiger partial charge < -0.3 is 15.4 Å². The quantitative estimate of drug-likeness (QED) is 0.175. The minimum atomic E-state index is -0.384. The molecule has 0 aromatic heterocycles. The first kappa shape index (κ1) is 28.0. The molecule has 0 bridgehead atoms. The van der Waals surface area contributed by atoms with Crippen LogP contribution in [0.4, 0.5) is 11.4 Å². The molecule has 3 N–H and O–H groups in total. The zero-order valence-corrected chi connectivity index (χ0v) is 23.6.